The predicted octanol–water partition coefficient (Wildman–Crippen LogP) is 1.27. The highest BCUT2D eigenvalue weighted by Gasteiger charge is 2.34. The molecular weight excluding hydrogens is 284 g/mol. The van der Waals surface area contributed by atoms with E-state index in [0.29, 0.717) is 12.2 Å². The molecule has 0 unspecified atom stereocenters. The van der Waals surface area contributed by atoms with Crippen LogP contribution in [0.4, 0.5) is 0 Å². The summed E-state index contributed by atoms with van der Waals surface area (Å²) in [4.78, 5) is 26.8. The van der Waals surface area contributed by atoms with Crippen molar-refractivity contribution in [3.63, 3.8) is 0 Å². The Kier molecular flexibility index (Phi) is 4.04. The highest BCUT2D eigenvalue weighted by molar-refractivity contribution is 5.99. The monoisotopic (exact) mass is 306 g/mol. The fourth-order valence-corrected chi connectivity index (χ4v) is 2.43. The number of phenols is 1. The maximum Gasteiger partial charge on any atom is 0.257 e. The van der Waals surface area contributed by atoms with E-state index in [4.69, 9.17) is 4.74 Å². The van der Waals surface area contributed by atoms with Crippen LogP contribution in [0.1, 0.15) is 29.8 Å². The average Bonchev–Trinajstić information content (AvgIpc) is 2.73. The number of carbonyl (C=O) groups excluding carboxylic acids is 2. The summed E-state index contributed by atoms with van der Waals surface area (Å²) in [6, 6.07) is 3.37. The fraction of sp³-hybridized carbons (Fsp3) is 0.500. The Labute approximate surface area is 130 Å². The molecule has 0 atom stereocenters. The lowest BCUT2D eigenvalue weighted by Crippen LogP contribution is -2.37. The lowest BCUT2D eigenvalue weighted by Gasteiger charge is -2.20. The van der Waals surface area contributed by atoms with Gasteiger partial charge in [0.1, 0.15) is 5.60 Å². The number of aromatic hydroxyl groups is 1. The molecule has 0 aliphatic carbocycles. The largest absolute Gasteiger partial charge is 0.504 e. The lowest BCUT2D eigenvalue weighted by atomic mass is 10.00. The molecule has 0 bridgehead atoms. The maximum absolute atomic E-state index is 12.4. The van der Waals surface area contributed by atoms with E-state index >= 15 is 0 Å². The highest BCUT2D eigenvalue weighted by atomic mass is 16.5. The summed E-state index contributed by atoms with van der Waals surface area (Å²) in [6.45, 7) is 3.81. The SMILES string of the molecule is CN(C)C(=O)CN(C)C(=O)c1ccc2c(c1O)OC(C)(C)C2. The van der Waals surface area contributed by atoms with E-state index in [1.807, 2.05) is 13.8 Å². The summed E-state index contributed by atoms with van der Waals surface area (Å²) in [6.07, 6.45) is 0.680. The lowest BCUT2D eigenvalue weighted by molar-refractivity contribution is -0.129. The van der Waals surface area contributed by atoms with E-state index in [1.54, 1.807) is 26.2 Å². The molecule has 0 saturated carbocycles. The number of carbonyl (C=O) groups is 2. The molecular formula is C16H22N2O4. The van der Waals surface area contributed by atoms with Crippen molar-refractivity contribution in [3.8, 4) is 11.5 Å². The Morgan fingerprint density at radius 2 is 1.91 bits per heavy atom. The first-order valence-corrected chi connectivity index (χ1v) is 7.12. The van der Waals surface area contributed by atoms with Crippen molar-refractivity contribution in [3.05, 3.63) is 23.3 Å². The van der Waals surface area contributed by atoms with Gasteiger partial charge >= 0.3 is 0 Å². The van der Waals surface area contributed by atoms with E-state index in [9.17, 15) is 14.7 Å². The number of rotatable bonds is 3. The van der Waals surface area contributed by atoms with Crippen LogP contribution in [0.15, 0.2) is 12.1 Å². The Balaban J connectivity index is 2.24. The third-order valence-electron chi connectivity index (χ3n) is 3.66. The molecule has 1 aromatic rings. The van der Waals surface area contributed by atoms with Crippen molar-refractivity contribution in [1.82, 2.24) is 9.80 Å². The minimum atomic E-state index is -0.413. The van der Waals surface area contributed by atoms with E-state index in [0.717, 1.165) is 5.56 Å². The van der Waals surface area contributed by atoms with Crippen LogP contribution in [-0.4, -0.2) is 60.0 Å². The van der Waals surface area contributed by atoms with Crippen LogP contribution in [0.5, 0.6) is 11.5 Å². The molecule has 6 nitrogen and oxygen atoms in total. The molecule has 1 aliphatic rings. The van der Waals surface area contributed by atoms with Gasteiger partial charge in [0.15, 0.2) is 11.5 Å². The second-order valence-electron chi connectivity index (χ2n) is 6.44. The molecule has 0 aromatic heterocycles. The van der Waals surface area contributed by atoms with E-state index in [2.05, 4.69) is 0 Å². The third-order valence-corrected chi connectivity index (χ3v) is 3.66. The maximum atomic E-state index is 12.4. The molecule has 0 fully saturated rings. The van der Waals surface area contributed by atoms with Crippen molar-refractivity contribution in [2.45, 2.75) is 25.9 Å². The van der Waals surface area contributed by atoms with Gasteiger partial charge in [0.2, 0.25) is 5.91 Å². The Morgan fingerprint density at radius 1 is 1.27 bits per heavy atom. The molecule has 6 heteroatoms. The summed E-state index contributed by atoms with van der Waals surface area (Å²) >= 11 is 0. The average molecular weight is 306 g/mol. The van der Waals surface area contributed by atoms with Crippen LogP contribution in [0.25, 0.3) is 0 Å². The number of hydrogen-bond donors (Lipinski definition) is 1. The quantitative estimate of drug-likeness (QED) is 0.913. The molecule has 2 amide bonds. The predicted molar refractivity (Wildman–Crippen MR) is 82.2 cm³/mol. The van der Waals surface area contributed by atoms with Gasteiger partial charge in [-0.3, -0.25) is 9.59 Å². The number of likely N-dealkylation sites (N-methyl/N-ethyl adjacent to an activating group) is 2. The van der Waals surface area contributed by atoms with Gasteiger partial charge in [-0.05, 0) is 19.9 Å². The first kappa shape index (κ1) is 16.1. The Bertz CT molecular complexity index is 623. The number of hydrogen-bond acceptors (Lipinski definition) is 4. The minimum absolute atomic E-state index is 0.0469. The minimum Gasteiger partial charge on any atom is -0.504 e. The first-order chi connectivity index (χ1) is 10.1. The van der Waals surface area contributed by atoms with E-state index in [1.165, 1.54) is 16.8 Å². The number of amides is 2. The highest BCUT2D eigenvalue weighted by Crippen LogP contribution is 2.43. The van der Waals surface area contributed by atoms with Gasteiger partial charge in [-0.25, -0.2) is 0 Å². The van der Waals surface area contributed by atoms with Gasteiger partial charge < -0.3 is 19.6 Å². The van der Waals surface area contributed by atoms with Crippen molar-refractivity contribution < 1.29 is 19.4 Å². The second kappa shape index (κ2) is 5.51. The van der Waals surface area contributed by atoms with Crippen LogP contribution >= 0.6 is 0 Å². The summed E-state index contributed by atoms with van der Waals surface area (Å²) in [5.41, 5.74) is 0.630. The second-order valence-corrected chi connectivity index (χ2v) is 6.44. The summed E-state index contributed by atoms with van der Waals surface area (Å²) < 4.78 is 5.72. The number of fused-ring (bicyclic) bond motifs is 1. The number of nitrogens with zero attached hydrogens (tertiary/aromatic N) is 2. The molecule has 1 N–H and O–H groups in total. The molecule has 0 radical (unpaired) electrons. The first-order valence-electron chi connectivity index (χ1n) is 7.12. The van der Waals surface area contributed by atoms with Crippen molar-refractivity contribution >= 4 is 11.8 Å². The zero-order chi connectivity index (χ0) is 16.7. The van der Waals surface area contributed by atoms with Crippen molar-refractivity contribution in [2.24, 2.45) is 0 Å². The number of benzene rings is 1. The molecule has 1 aromatic carbocycles. The molecule has 120 valence electrons. The molecule has 1 heterocycles. The van der Waals surface area contributed by atoms with Gasteiger partial charge in [-0.15, -0.1) is 0 Å². The van der Waals surface area contributed by atoms with Gasteiger partial charge in [0, 0.05) is 33.1 Å². The van der Waals surface area contributed by atoms with Crippen LogP contribution in [0, 0.1) is 0 Å². The van der Waals surface area contributed by atoms with Crippen LogP contribution in [-0.2, 0) is 11.2 Å². The van der Waals surface area contributed by atoms with Gasteiger partial charge in [-0.2, -0.15) is 0 Å². The van der Waals surface area contributed by atoms with Crippen LogP contribution < -0.4 is 4.74 Å². The molecule has 1 aliphatic heterocycles. The van der Waals surface area contributed by atoms with Gasteiger partial charge in [-0.1, -0.05) is 6.07 Å². The van der Waals surface area contributed by atoms with Crippen LogP contribution in [0.3, 0.4) is 0 Å². The standard InChI is InChI=1S/C16H22N2O4/c1-16(2)8-10-6-7-11(13(20)14(10)22-16)15(21)18(5)9-12(19)17(3)4/h6-7,20H,8-9H2,1-5H3. The smallest absolute Gasteiger partial charge is 0.257 e. The summed E-state index contributed by atoms with van der Waals surface area (Å²) in [5.74, 6) is -0.391. The molecule has 0 saturated heterocycles. The molecule has 2 rings (SSSR count). The van der Waals surface area contributed by atoms with E-state index < -0.39 is 11.5 Å². The zero-order valence-electron chi connectivity index (χ0n) is 13.6. The summed E-state index contributed by atoms with van der Waals surface area (Å²) in [5, 5.41) is 10.3. The fourth-order valence-electron chi connectivity index (χ4n) is 2.43. The Hall–Kier alpha value is -2.24. The van der Waals surface area contributed by atoms with Gasteiger partial charge in [0.05, 0.1) is 12.1 Å². The zero-order valence-corrected chi connectivity index (χ0v) is 13.6. The normalized spacial score (nSPS) is 15.0. The van der Waals surface area contributed by atoms with Crippen molar-refractivity contribution in [1.29, 1.82) is 0 Å². The molecule has 22 heavy (non-hydrogen) atoms. The summed E-state index contributed by atoms with van der Waals surface area (Å²) in [7, 11) is 4.79. The Morgan fingerprint density at radius 3 is 2.50 bits per heavy atom. The van der Waals surface area contributed by atoms with Crippen molar-refractivity contribution in [2.75, 3.05) is 27.7 Å². The number of phenolic OH excluding ortho intramolecular Hbond substituents is 1. The van der Waals surface area contributed by atoms with Crippen LogP contribution in [0.2, 0.25) is 0 Å². The molecule has 0 spiro atoms. The van der Waals surface area contributed by atoms with Gasteiger partial charge in [0.25, 0.3) is 5.91 Å². The third kappa shape index (κ3) is 3.00. The topological polar surface area (TPSA) is 70.1 Å². The number of ether oxygens (including phenoxy) is 1. The van der Waals surface area contributed by atoms with E-state index in [-0.39, 0.29) is 23.8 Å².